The van der Waals surface area contributed by atoms with E-state index in [4.69, 9.17) is 4.42 Å². The summed E-state index contributed by atoms with van der Waals surface area (Å²) < 4.78 is 20.4. The molecule has 0 aliphatic rings. The third-order valence-electron chi connectivity index (χ3n) is 4.57. The number of hydrogen-bond donors (Lipinski definition) is 1. The van der Waals surface area contributed by atoms with E-state index in [0.29, 0.717) is 17.1 Å². The lowest BCUT2D eigenvalue weighted by molar-refractivity contribution is 0.0943. The van der Waals surface area contributed by atoms with Crippen LogP contribution in [0.3, 0.4) is 0 Å². The highest BCUT2D eigenvalue weighted by molar-refractivity contribution is 5.93. The summed E-state index contributed by atoms with van der Waals surface area (Å²) in [4.78, 5) is 17.2. The summed E-state index contributed by atoms with van der Waals surface area (Å²) in [5.74, 6) is -0.00496. The van der Waals surface area contributed by atoms with Crippen molar-refractivity contribution in [3.63, 3.8) is 0 Å². The van der Waals surface area contributed by atoms with Crippen molar-refractivity contribution in [2.75, 3.05) is 0 Å². The predicted molar refractivity (Wildman–Crippen MR) is 107 cm³/mol. The Labute approximate surface area is 167 Å². The largest absolute Gasteiger partial charge is 0.467 e. The second kappa shape index (κ2) is 7.16. The Morgan fingerprint density at radius 2 is 1.93 bits per heavy atom. The van der Waals surface area contributed by atoms with Gasteiger partial charge in [0, 0.05) is 17.0 Å². The van der Waals surface area contributed by atoms with E-state index in [1.54, 1.807) is 41.1 Å². The molecule has 0 saturated heterocycles. The SMILES string of the molecule is CC(C)(C)c1cc2nc(C(=O)NCc3ccco3)cc(-c3ccc(F)cc3)n2n1. The molecule has 0 unspecified atom stereocenters. The van der Waals surface area contributed by atoms with Crippen LogP contribution in [0.4, 0.5) is 4.39 Å². The third-order valence-corrected chi connectivity index (χ3v) is 4.57. The number of carbonyl (C=O) groups is 1. The van der Waals surface area contributed by atoms with Gasteiger partial charge in [0.2, 0.25) is 0 Å². The summed E-state index contributed by atoms with van der Waals surface area (Å²) in [5.41, 5.74) is 2.87. The number of rotatable bonds is 4. The quantitative estimate of drug-likeness (QED) is 0.560. The first-order valence-electron chi connectivity index (χ1n) is 9.29. The average Bonchev–Trinajstić information content (AvgIpc) is 3.35. The van der Waals surface area contributed by atoms with Crippen molar-refractivity contribution in [2.24, 2.45) is 0 Å². The Morgan fingerprint density at radius 1 is 1.17 bits per heavy atom. The van der Waals surface area contributed by atoms with Crippen LogP contribution in [0.1, 0.15) is 42.7 Å². The van der Waals surface area contributed by atoms with Gasteiger partial charge in [-0.2, -0.15) is 5.10 Å². The molecule has 0 bridgehead atoms. The summed E-state index contributed by atoms with van der Waals surface area (Å²) in [6.45, 7) is 6.44. The number of hydrogen-bond acceptors (Lipinski definition) is 4. The zero-order chi connectivity index (χ0) is 20.6. The highest BCUT2D eigenvalue weighted by Gasteiger charge is 2.21. The van der Waals surface area contributed by atoms with Crippen LogP contribution >= 0.6 is 0 Å². The number of nitrogens with one attached hydrogen (secondary N) is 1. The molecule has 29 heavy (non-hydrogen) atoms. The number of benzene rings is 1. The maximum Gasteiger partial charge on any atom is 0.270 e. The zero-order valence-corrected chi connectivity index (χ0v) is 16.4. The molecular weight excluding hydrogens is 371 g/mol. The van der Waals surface area contributed by atoms with Gasteiger partial charge < -0.3 is 9.73 Å². The molecule has 148 valence electrons. The molecule has 4 aromatic rings. The Kier molecular flexibility index (Phi) is 4.66. The first-order chi connectivity index (χ1) is 13.8. The minimum atomic E-state index is -0.328. The topological polar surface area (TPSA) is 72.4 Å². The van der Waals surface area contributed by atoms with Crippen LogP contribution in [-0.4, -0.2) is 20.5 Å². The van der Waals surface area contributed by atoms with Gasteiger partial charge >= 0.3 is 0 Å². The van der Waals surface area contributed by atoms with E-state index in [1.165, 1.54) is 12.1 Å². The van der Waals surface area contributed by atoms with E-state index >= 15 is 0 Å². The summed E-state index contributed by atoms with van der Waals surface area (Å²) in [5, 5.41) is 7.49. The van der Waals surface area contributed by atoms with Crippen LogP contribution in [-0.2, 0) is 12.0 Å². The third kappa shape index (κ3) is 3.89. The Morgan fingerprint density at radius 3 is 2.59 bits per heavy atom. The van der Waals surface area contributed by atoms with Crippen molar-refractivity contribution in [3.8, 4) is 11.3 Å². The summed E-state index contributed by atoms with van der Waals surface area (Å²) in [7, 11) is 0. The van der Waals surface area contributed by atoms with Crippen LogP contribution in [0.5, 0.6) is 0 Å². The number of halogens is 1. The summed E-state index contributed by atoms with van der Waals surface area (Å²) in [6.07, 6.45) is 1.55. The molecule has 1 aromatic carbocycles. The molecule has 4 rings (SSSR count). The zero-order valence-electron chi connectivity index (χ0n) is 16.4. The van der Waals surface area contributed by atoms with Crippen LogP contribution in [0.15, 0.2) is 59.2 Å². The fourth-order valence-electron chi connectivity index (χ4n) is 2.95. The van der Waals surface area contributed by atoms with Crippen molar-refractivity contribution >= 4 is 11.6 Å². The first kappa shape index (κ1) is 18.9. The molecule has 0 fully saturated rings. The normalized spacial score (nSPS) is 11.7. The predicted octanol–water partition coefficient (Wildman–Crippen LogP) is 4.36. The highest BCUT2D eigenvalue weighted by atomic mass is 19.1. The fraction of sp³-hybridized carbons (Fsp3) is 0.227. The van der Waals surface area contributed by atoms with Gasteiger partial charge in [-0.1, -0.05) is 20.8 Å². The maximum absolute atomic E-state index is 13.4. The fourth-order valence-corrected chi connectivity index (χ4v) is 2.95. The van der Waals surface area contributed by atoms with Crippen LogP contribution in [0, 0.1) is 5.82 Å². The number of furan rings is 1. The van der Waals surface area contributed by atoms with E-state index < -0.39 is 0 Å². The average molecular weight is 392 g/mol. The van der Waals surface area contributed by atoms with E-state index in [0.717, 1.165) is 11.3 Å². The molecule has 0 aliphatic heterocycles. The van der Waals surface area contributed by atoms with Crippen molar-refractivity contribution in [1.82, 2.24) is 19.9 Å². The molecule has 0 radical (unpaired) electrons. The lowest BCUT2D eigenvalue weighted by atomic mass is 9.93. The van der Waals surface area contributed by atoms with Gasteiger partial charge in [0.1, 0.15) is 17.3 Å². The van der Waals surface area contributed by atoms with Crippen molar-refractivity contribution < 1.29 is 13.6 Å². The molecule has 7 heteroatoms. The number of fused-ring (bicyclic) bond motifs is 1. The van der Waals surface area contributed by atoms with Gasteiger partial charge in [0.25, 0.3) is 5.91 Å². The number of carbonyl (C=O) groups excluding carboxylic acids is 1. The van der Waals surface area contributed by atoms with Crippen LogP contribution in [0.2, 0.25) is 0 Å². The Bertz CT molecular complexity index is 1160. The summed E-state index contributed by atoms with van der Waals surface area (Å²) >= 11 is 0. The summed E-state index contributed by atoms with van der Waals surface area (Å²) in [6, 6.07) is 13.2. The van der Waals surface area contributed by atoms with Crippen molar-refractivity contribution in [2.45, 2.75) is 32.7 Å². The number of aromatic nitrogens is 3. The minimum Gasteiger partial charge on any atom is -0.467 e. The lowest BCUT2D eigenvalue weighted by Crippen LogP contribution is -2.24. The van der Waals surface area contributed by atoms with Crippen molar-refractivity contribution in [1.29, 1.82) is 0 Å². The molecule has 1 N–H and O–H groups in total. The smallest absolute Gasteiger partial charge is 0.270 e. The van der Waals surface area contributed by atoms with Crippen molar-refractivity contribution in [3.05, 3.63) is 77.8 Å². The molecule has 1 amide bonds. The first-order valence-corrected chi connectivity index (χ1v) is 9.29. The monoisotopic (exact) mass is 392 g/mol. The van der Waals surface area contributed by atoms with Crippen LogP contribution in [0.25, 0.3) is 16.9 Å². The second-order valence-electron chi connectivity index (χ2n) is 7.85. The molecule has 3 aromatic heterocycles. The number of nitrogens with zero attached hydrogens (tertiary/aromatic N) is 3. The molecule has 0 saturated carbocycles. The molecule has 6 nitrogen and oxygen atoms in total. The number of amides is 1. The van der Waals surface area contributed by atoms with Crippen LogP contribution < -0.4 is 5.32 Å². The van der Waals surface area contributed by atoms with E-state index in [1.807, 2.05) is 6.07 Å². The highest BCUT2D eigenvalue weighted by Crippen LogP contribution is 2.26. The van der Waals surface area contributed by atoms with Gasteiger partial charge in [-0.3, -0.25) is 4.79 Å². The van der Waals surface area contributed by atoms with E-state index in [9.17, 15) is 9.18 Å². The lowest BCUT2D eigenvalue weighted by Gasteiger charge is -2.13. The maximum atomic E-state index is 13.4. The standard InChI is InChI=1S/C22H21FN4O2/c1-22(2,3)19-12-20-25-17(21(28)24-13-16-5-4-10-29-16)11-18(27(20)26-19)14-6-8-15(23)9-7-14/h4-12H,13H2,1-3H3,(H,24,28). The Balaban J connectivity index is 1.78. The molecular formula is C22H21FN4O2. The van der Waals surface area contributed by atoms with Gasteiger partial charge in [0.05, 0.1) is 24.2 Å². The van der Waals surface area contributed by atoms with Gasteiger partial charge in [0.15, 0.2) is 5.65 Å². The van der Waals surface area contributed by atoms with E-state index in [-0.39, 0.29) is 29.4 Å². The second-order valence-corrected chi connectivity index (χ2v) is 7.85. The van der Waals surface area contributed by atoms with Gasteiger partial charge in [-0.05, 0) is 42.5 Å². The van der Waals surface area contributed by atoms with E-state index in [2.05, 4.69) is 36.2 Å². The molecule has 0 spiro atoms. The molecule has 0 aliphatic carbocycles. The minimum absolute atomic E-state index is 0.185. The van der Waals surface area contributed by atoms with Gasteiger partial charge in [-0.25, -0.2) is 13.9 Å². The molecule has 3 heterocycles. The van der Waals surface area contributed by atoms with Gasteiger partial charge in [-0.15, -0.1) is 0 Å². The Hall–Kier alpha value is -3.48. The molecule has 0 atom stereocenters.